The van der Waals surface area contributed by atoms with E-state index in [0.717, 1.165) is 0 Å². The average molecular weight is 260 g/mol. The van der Waals surface area contributed by atoms with E-state index in [1.807, 2.05) is 13.8 Å². The van der Waals surface area contributed by atoms with Gasteiger partial charge in [0.05, 0.1) is 25.2 Å². The summed E-state index contributed by atoms with van der Waals surface area (Å²) in [5.41, 5.74) is 5.08. The maximum Gasteiger partial charge on any atom is 0.225 e. The molecule has 0 bridgehead atoms. The van der Waals surface area contributed by atoms with Crippen LogP contribution in [0.4, 0.5) is 0 Å². The SMILES string of the molecule is COC(C)(C)CC(=O)N1CCOC(C(N)=S)C1. The van der Waals surface area contributed by atoms with Crippen molar-refractivity contribution in [3.05, 3.63) is 0 Å². The Bertz CT molecular complexity index is 307. The summed E-state index contributed by atoms with van der Waals surface area (Å²) in [5.74, 6) is 0.0430. The third-order valence-corrected chi connectivity index (χ3v) is 3.13. The van der Waals surface area contributed by atoms with Gasteiger partial charge >= 0.3 is 0 Å². The molecule has 0 radical (unpaired) electrons. The zero-order valence-corrected chi connectivity index (χ0v) is 11.4. The highest BCUT2D eigenvalue weighted by atomic mass is 32.1. The molecule has 0 aliphatic carbocycles. The zero-order chi connectivity index (χ0) is 13.1. The Morgan fingerprint density at radius 1 is 1.65 bits per heavy atom. The lowest BCUT2D eigenvalue weighted by atomic mass is 10.0. The number of methoxy groups -OCH3 is 1. The lowest BCUT2D eigenvalue weighted by Crippen LogP contribution is -2.51. The van der Waals surface area contributed by atoms with Crippen molar-refractivity contribution in [2.24, 2.45) is 5.73 Å². The molecule has 1 heterocycles. The quantitative estimate of drug-likeness (QED) is 0.737. The highest BCUT2D eigenvalue weighted by molar-refractivity contribution is 7.80. The van der Waals surface area contributed by atoms with Crippen molar-refractivity contribution < 1.29 is 14.3 Å². The number of nitrogens with zero attached hydrogens (tertiary/aromatic N) is 1. The van der Waals surface area contributed by atoms with Crippen molar-refractivity contribution >= 4 is 23.1 Å². The fourth-order valence-electron chi connectivity index (χ4n) is 1.60. The van der Waals surface area contributed by atoms with Crippen LogP contribution in [0.1, 0.15) is 20.3 Å². The van der Waals surface area contributed by atoms with E-state index in [0.29, 0.717) is 31.1 Å². The number of ether oxygens (including phenoxy) is 2. The summed E-state index contributed by atoms with van der Waals surface area (Å²) in [7, 11) is 1.60. The van der Waals surface area contributed by atoms with Gasteiger partial charge in [0, 0.05) is 13.7 Å². The Balaban J connectivity index is 2.55. The molecule has 1 rings (SSSR count). The fraction of sp³-hybridized carbons (Fsp3) is 0.818. The lowest BCUT2D eigenvalue weighted by molar-refractivity contribution is -0.141. The first-order valence-electron chi connectivity index (χ1n) is 5.59. The molecule has 1 aliphatic heterocycles. The van der Waals surface area contributed by atoms with E-state index in [4.69, 9.17) is 27.4 Å². The Labute approximate surface area is 107 Å². The van der Waals surface area contributed by atoms with Gasteiger partial charge in [-0.1, -0.05) is 12.2 Å². The minimum Gasteiger partial charge on any atom is -0.391 e. The largest absolute Gasteiger partial charge is 0.391 e. The smallest absolute Gasteiger partial charge is 0.225 e. The normalized spacial score (nSPS) is 21.4. The number of thiocarbonyl (C=S) groups is 1. The van der Waals surface area contributed by atoms with Crippen molar-refractivity contribution in [3.8, 4) is 0 Å². The third-order valence-electron chi connectivity index (χ3n) is 2.87. The number of hydrogen-bond acceptors (Lipinski definition) is 4. The molecule has 6 heteroatoms. The number of hydrogen-bond donors (Lipinski definition) is 1. The number of rotatable bonds is 4. The van der Waals surface area contributed by atoms with E-state index in [1.165, 1.54) is 0 Å². The van der Waals surface area contributed by atoms with Crippen LogP contribution in [0.5, 0.6) is 0 Å². The highest BCUT2D eigenvalue weighted by Crippen LogP contribution is 2.16. The van der Waals surface area contributed by atoms with E-state index in [9.17, 15) is 4.79 Å². The van der Waals surface area contributed by atoms with Crippen molar-refractivity contribution in [1.29, 1.82) is 0 Å². The number of morpholine rings is 1. The van der Waals surface area contributed by atoms with Gasteiger partial charge in [0.15, 0.2) is 0 Å². The molecular formula is C11H20N2O3S. The van der Waals surface area contributed by atoms with Crippen LogP contribution < -0.4 is 5.73 Å². The molecule has 1 saturated heterocycles. The molecule has 0 aromatic carbocycles. The molecule has 17 heavy (non-hydrogen) atoms. The molecule has 1 fully saturated rings. The van der Waals surface area contributed by atoms with E-state index in [-0.39, 0.29) is 12.0 Å². The second-order valence-corrected chi connectivity index (χ2v) is 5.21. The molecule has 0 saturated carbocycles. The van der Waals surface area contributed by atoms with Crippen molar-refractivity contribution in [2.45, 2.75) is 32.0 Å². The third kappa shape index (κ3) is 4.22. The van der Waals surface area contributed by atoms with E-state index in [2.05, 4.69) is 0 Å². The van der Waals surface area contributed by atoms with Crippen LogP contribution in [0.25, 0.3) is 0 Å². The van der Waals surface area contributed by atoms with Crippen LogP contribution in [0.15, 0.2) is 0 Å². The summed E-state index contributed by atoms with van der Waals surface area (Å²) in [6.07, 6.45) is 0.0152. The average Bonchev–Trinajstić information content (AvgIpc) is 2.28. The van der Waals surface area contributed by atoms with Gasteiger partial charge in [-0.3, -0.25) is 4.79 Å². The zero-order valence-electron chi connectivity index (χ0n) is 10.6. The number of carbonyl (C=O) groups is 1. The molecule has 5 nitrogen and oxygen atoms in total. The van der Waals surface area contributed by atoms with Crippen molar-refractivity contribution in [2.75, 3.05) is 26.8 Å². The second-order valence-electron chi connectivity index (χ2n) is 4.74. The van der Waals surface area contributed by atoms with Gasteiger partial charge < -0.3 is 20.1 Å². The Morgan fingerprint density at radius 2 is 2.29 bits per heavy atom. The van der Waals surface area contributed by atoms with Crippen LogP contribution in [-0.4, -0.2) is 54.3 Å². The van der Waals surface area contributed by atoms with E-state index >= 15 is 0 Å². The van der Waals surface area contributed by atoms with Crippen molar-refractivity contribution in [3.63, 3.8) is 0 Å². The van der Waals surface area contributed by atoms with Crippen LogP contribution >= 0.6 is 12.2 Å². The van der Waals surface area contributed by atoms with Gasteiger partial charge in [-0.2, -0.15) is 0 Å². The predicted molar refractivity (Wildman–Crippen MR) is 68.8 cm³/mol. The molecule has 1 atom stereocenters. The Hall–Kier alpha value is -0.720. The summed E-state index contributed by atoms with van der Waals surface area (Å²) in [5, 5.41) is 0. The standard InChI is InChI=1S/C11H20N2O3S/c1-11(2,15-3)6-9(14)13-4-5-16-8(7-13)10(12)17/h8H,4-7H2,1-3H3,(H2,12,17). The van der Waals surface area contributed by atoms with E-state index in [1.54, 1.807) is 12.0 Å². The summed E-state index contributed by atoms with van der Waals surface area (Å²) >= 11 is 4.88. The summed E-state index contributed by atoms with van der Waals surface area (Å²) in [6.45, 7) is 5.26. The maximum atomic E-state index is 12.0. The Morgan fingerprint density at radius 3 is 2.82 bits per heavy atom. The molecular weight excluding hydrogens is 240 g/mol. The van der Waals surface area contributed by atoms with Gasteiger partial charge in [0.25, 0.3) is 0 Å². The van der Waals surface area contributed by atoms with E-state index < -0.39 is 5.60 Å². The second kappa shape index (κ2) is 5.75. The predicted octanol–water partition coefficient (Wildman–Crippen LogP) is 0.315. The minimum atomic E-state index is -0.450. The molecule has 1 aliphatic rings. The molecule has 0 spiro atoms. The molecule has 1 amide bonds. The van der Waals surface area contributed by atoms with Gasteiger partial charge in [-0.05, 0) is 13.8 Å². The molecule has 2 N–H and O–H groups in total. The first kappa shape index (κ1) is 14.3. The van der Waals surface area contributed by atoms with Crippen molar-refractivity contribution in [1.82, 2.24) is 4.90 Å². The molecule has 0 aromatic rings. The monoisotopic (exact) mass is 260 g/mol. The van der Waals surface area contributed by atoms with Crippen LogP contribution in [0, 0.1) is 0 Å². The summed E-state index contributed by atoms with van der Waals surface area (Å²) in [6, 6.07) is 0. The van der Waals surface area contributed by atoms with Gasteiger partial charge in [-0.15, -0.1) is 0 Å². The first-order valence-corrected chi connectivity index (χ1v) is 6.00. The van der Waals surface area contributed by atoms with Crippen LogP contribution in [-0.2, 0) is 14.3 Å². The fourth-order valence-corrected chi connectivity index (χ4v) is 1.74. The first-order chi connectivity index (χ1) is 7.85. The lowest BCUT2D eigenvalue weighted by Gasteiger charge is -2.34. The number of nitrogens with two attached hydrogens (primary N) is 1. The Kier molecular flexibility index (Phi) is 4.85. The molecule has 98 valence electrons. The summed E-state index contributed by atoms with van der Waals surface area (Å²) in [4.78, 5) is 14.1. The van der Waals surface area contributed by atoms with Gasteiger partial charge in [0.2, 0.25) is 5.91 Å². The highest BCUT2D eigenvalue weighted by Gasteiger charge is 2.29. The van der Waals surface area contributed by atoms with Crippen LogP contribution in [0.3, 0.4) is 0 Å². The topological polar surface area (TPSA) is 64.8 Å². The number of amides is 1. The molecule has 1 unspecified atom stereocenters. The minimum absolute atomic E-state index is 0.0430. The summed E-state index contributed by atoms with van der Waals surface area (Å²) < 4.78 is 10.6. The molecule has 0 aromatic heterocycles. The van der Waals surface area contributed by atoms with Gasteiger partial charge in [-0.25, -0.2) is 0 Å². The van der Waals surface area contributed by atoms with Gasteiger partial charge in [0.1, 0.15) is 11.1 Å². The maximum absolute atomic E-state index is 12.0. The number of carbonyl (C=O) groups excluding carboxylic acids is 1. The van der Waals surface area contributed by atoms with Crippen LogP contribution in [0.2, 0.25) is 0 Å².